The van der Waals surface area contributed by atoms with Crippen LogP contribution in [0.2, 0.25) is 0 Å². The summed E-state index contributed by atoms with van der Waals surface area (Å²) in [7, 11) is -3.50. The van der Waals surface area contributed by atoms with Gasteiger partial charge in [0.1, 0.15) is 11.9 Å². The molecule has 0 amide bonds. The predicted molar refractivity (Wildman–Crippen MR) is 110 cm³/mol. The lowest BCUT2D eigenvalue weighted by Crippen LogP contribution is -2.39. The summed E-state index contributed by atoms with van der Waals surface area (Å²) in [4.78, 5) is 6.75. The van der Waals surface area contributed by atoms with Gasteiger partial charge in [-0.15, -0.1) is 0 Å². The van der Waals surface area contributed by atoms with Gasteiger partial charge in [0.05, 0.1) is 10.5 Å². The molecule has 2 heterocycles. The largest absolute Gasteiger partial charge is 0.356 e. The highest BCUT2D eigenvalue weighted by molar-refractivity contribution is 7.89. The van der Waals surface area contributed by atoms with Gasteiger partial charge in [-0.25, -0.2) is 18.1 Å². The number of piperidine rings is 1. The van der Waals surface area contributed by atoms with E-state index in [0.717, 1.165) is 31.5 Å². The van der Waals surface area contributed by atoms with Crippen LogP contribution in [-0.2, 0) is 10.0 Å². The van der Waals surface area contributed by atoms with Gasteiger partial charge in [-0.2, -0.15) is 5.26 Å². The monoisotopic (exact) mass is 398 g/mol. The normalized spacial score (nSPS) is 15.6. The van der Waals surface area contributed by atoms with Crippen LogP contribution in [0.1, 0.15) is 43.7 Å². The highest BCUT2D eigenvalue weighted by Crippen LogP contribution is 2.24. The number of hydrogen-bond donors (Lipinski definition) is 1. The Labute approximate surface area is 167 Å². The number of pyridine rings is 1. The molecule has 148 valence electrons. The first kappa shape index (κ1) is 20.3. The van der Waals surface area contributed by atoms with Crippen molar-refractivity contribution in [1.82, 2.24) is 9.71 Å². The first-order valence-corrected chi connectivity index (χ1v) is 11.1. The second-order valence-corrected chi connectivity index (χ2v) is 9.26. The van der Waals surface area contributed by atoms with Crippen molar-refractivity contribution in [1.29, 1.82) is 5.26 Å². The lowest BCUT2D eigenvalue weighted by atomic mass is 9.97. The minimum absolute atomic E-state index is 0.273. The van der Waals surface area contributed by atoms with E-state index in [0.29, 0.717) is 28.7 Å². The van der Waals surface area contributed by atoms with Gasteiger partial charge in [0, 0.05) is 25.8 Å². The maximum absolute atomic E-state index is 12.6. The molecule has 0 spiro atoms. The van der Waals surface area contributed by atoms with Crippen molar-refractivity contribution >= 4 is 15.8 Å². The topological polar surface area (TPSA) is 86.1 Å². The molecule has 1 aliphatic rings. The van der Waals surface area contributed by atoms with Crippen LogP contribution in [0.4, 0.5) is 5.82 Å². The number of sulfonamides is 1. The molecule has 0 atom stereocenters. The number of nitrogens with one attached hydrogen (secondary N) is 1. The van der Waals surface area contributed by atoms with Gasteiger partial charge >= 0.3 is 0 Å². The quantitative estimate of drug-likeness (QED) is 0.807. The van der Waals surface area contributed by atoms with Gasteiger partial charge in [0.25, 0.3) is 0 Å². The Morgan fingerprint density at radius 3 is 2.50 bits per heavy atom. The molecule has 1 saturated heterocycles. The highest BCUT2D eigenvalue weighted by atomic mass is 32.2. The number of nitriles is 1. The summed E-state index contributed by atoms with van der Waals surface area (Å²) < 4.78 is 27.9. The maximum atomic E-state index is 12.6. The molecule has 1 aliphatic heterocycles. The average molecular weight is 399 g/mol. The summed E-state index contributed by atoms with van der Waals surface area (Å²) in [6.45, 7) is 6.12. The summed E-state index contributed by atoms with van der Waals surface area (Å²) in [6, 6.07) is 12.8. The molecule has 0 bridgehead atoms. The van der Waals surface area contributed by atoms with E-state index in [2.05, 4.69) is 34.5 Å². The third-order valence-electron chi connectivity index (χ3n) is 5.24. The number of nitrogens with zero attached hydrogens (tertiary/aromatic N) is 3. The minimum Gasteiger partial charge on any atom is -0.356 e. The van der Waals surface area contributed by atoms with Gasteiger partial charge in [0.15, 0.2) is 0 Å². The fourth-order valence-corrected chi connectivity index (χ4v) is 4.54. The Hall–Kier alpha value is -2.43. The standard InChI is InChI=1S/C21H26N4O2S/c1-16(2)18-5-7-20(8-6-18)28(26,27)24-15-17-9-12-25(13-10-17)21-19(14-22)4-3-11-23-21/h3-8,11,16-17,24H,9-10,12-13,15H2,1-2H3. The molecular formula is C21H26N4O2S. The Bertz CT molecular complexity index is 941. The number of benzene rings is 1. The number of anilines is 1. The van der Waals surface area contributed by atoms with E-state index in [4.69, 9.17) is 0 Å². The van der Waals surface area contributed by atoms with Gasteiger partial charge in [-0.05, 0) is 54.5 Å². The third-order valence-corrected chi connectivity index (χ3v) is 6.68. The van der Waals surface area contributed by atoms with Crippen LogP contribution in [0.15, 0.2) is 47.5 Å². The Balaban J connectivity index is 1.55. The van der Waals surface area contributed by atoms with Crippen LogP contribution in [0.25, 0.3) is 0 Å². The van der Waals surface area contributed by atoms with Crippen LogP contribution < -0.4 is 9.62 Å². The van der Waals surface area contributed by atoms with E-state index in [1.54, 1.807) is 30.5 Å². The summed E-state index contributed by atoms with van der Waals surface area (Å²) in [6.07, 6.45) is 3.41. The van der Waals surface area contributed by atoms with E-state index in [1.807, 2.05) is 12.1 Å². The molecule has 1 aromatic carbocycles. The summed E-state index contributed by atoms with van der Waals surface area (Å²) in [5.74, 6) is 1.36. The second kappa shape index (κ2) is 8.72. The molecule has 0 saturated carbocycles. The lowest BCUT2D eigenvalue weighted by Gasteiger charge is -2.33. The van der Waals surface area contributed by atoms with Crippen LogP contribution >= 0.6 is 0 Å². The van der Waals surface area contributed by atoms with E-state index >= 15 is 0 Å². The van der Waals surface area contributed by atoms with Gasteiger partial charge < -0.3 is 4.90 Å². The summed E-state index contributed by atoms with van der Waals surface area (Å²) >= 11 is 0. The van der Waals surface area contributed by atoms with Crippen molar-refractivity contribution in [3.05, 3.63) is 53.7 Å². The molecule has 0 unspecified atom stereocenters. The maximum Gasteiger partial charge on any atom is 0.240 e. The Morgan fingerprint density at radius 2 is 1.89 bits per heavy atom. The molecular weight excluding hydrogens is 372 g/mol. The number of rotatable bonds is 6. The second-order valence-electron chi connectivity index (χ2n) is 7.49. The van der Waals surface area contributed by atoms with Crippen molar-refractivity contribution < 1.29 is 8.42 Å². The molecule has 28 heavy (non-hydrogen) atoms. The molecule has 2 aromatic rings. The van der Waals surface area contributed by atoms with E-state index < -0.39 is 10.0 Å². The van der Waals surface area contributed by atoms with E-state index in [9.17, 15) is 13.7 Å². The van der Waals surface area contributed by atoms with Crippen LogP contribution in [0.5, 0.6) is 0 Å². The molecule has 6 nitrogen and oxygen atoms in total. The molecule has 1 aromatic heterocycles. The molecule has 1 N–H and O–H groups in total. The van der Waals surface area contributed by atoms with Crippen molar-refractivity contribution in [2.24, 2.45) is 5.92 Å². The van der Waals surface area contributed by atoms with Crippen LogP contribution in [-0.4, -0.2) is 33.0 Å². The van der Waals surface area contributed by atoms with Crippen LogP contribution in [0.3, 0.4) is 0 Å². The van der Waals surface area contributed by atoms with Crippen LogP contribution in [0, 0.1) is 17.2 Å². The number of hydrogen-bond acceptors (Lipinski definition) is 5. The first-order valence-electron chi connectivity index (χ1n) is 9.60. The molecule has 7 heteroatoms. The van der Waals surface area contributed by atoms with Crippen molar-refractivity contribution in [2.45, 2.75) is 37.5 Å². The fourth-order valence-electron chi connectivity index (χ4n) is 3.43. The molecule has 3 rings (SSSR count). The first-order chi connectivity index (χ1) is 13.4. The van der Waals surface area contributed by atoms with E-state index in [1.165, 1.54) is 0 Å². The third kappa shape index (κ3) is 4.70. The molecule has 0 radical (unpaired) electrons. The van der Waals surface area contributed by atoms with Gasteiger partial charge in [-0.1, -0.05) is 26.0 Å². The Kier molecular flexibility index (Phi) is 6.32. The van der Waals surface area contributed by atoms with Crippen molar-refractivity contribution in [2.75, 3.05) is 24.5 Å². The van der Waals surface area contributed by atoms with Crippen molar-refractivity contribution in [3.8, 4) is 6.07 Å². The predicted octanol–water partition coefficient (Wildman–Crippen LogP) is 3.27. The summed E-state index contributed by atoms with van der Waals surface area (Å²) in [5.41, 5.74) is 1.70. The number of aromatic nitrogens is 1. The highest BCUT2D eigenvalue weighted by Gasteiger charge is 2.24. The zero-order chi connectivity index (χ0) is 20.1. The minimum atomic E-state index is -3.50. The molecule has 1 fully saturated rings. The van der Waals surface area contributed by atoms with E-state index in [-0.39, 0.29) is 5.92 Å². The lowest BCUT2D eigenvalue weighted by molar-refractivity contribution is 0.400. The molecule has 0 aliphatic carbocycles. The van der Waals surface area contributed by atoms with Crippen molar-refractivity contribution in [3.63, 3.8) is 0 Å². The van der Waals surface area contributed by atoms with Gasteiger partial charge in [-0.3, -0.25) is 0 Å². The SMILES string of the molecule is CC(C)c1ccc(S(=O)(=O)NCC2CCN(c3ncccc3C#N)CC2)cc1. The van der Waals surface area contributed by atoms with Gasteiger partial charge in [0.2, 0.25) is 10.0 Å². The zero-order valence-corrected chi connectivity index (χ0v) is 17.1. The Morgan fingerprint density at radius 1 is 1.21 bits per heavy atom. The fraction of sp³-hybridized carbons (Fsp3) is 0.429. The summed E-state index contributed by atoms with van der Waals surface area (Å²) in [5, 5.41) is 9.24. The zero-order valence-electron chi connectivity index (χ0n) is 16.3. The smallest absolute Gasteiger partial charge is 0.240 e. The average Bonchev–Trinajstić information content (AvgIpc) is 2.72.